The largest absolute Gasteiger partial charge is 0.428 e. The number of hydrogen-bond acceptors (Lipinski definition) is 3. The number of nitrogens with zero attached hydrogens (tertiary/aromatic N) is 1. The molecule has 1 aromatic carbocycles. The van der Waals surface area contributed by atoms with Gasteiger partial charge in [0.25, 0.3) is 6.01 Å². The van der Waals surface area contributed by atoms with E-state index in [1.54, 1.807) is 0 Å². The van der Waals surface area contributed by atoms with Gasteiger partial charge in [-0.2, -0.15) is 4.98 Å². The molecule has 3 heteroatoms. The van der Waals surface area contributed by atoms with Crippen molar-refractivity contribution in [3.8, 4) is 11.3 Å². The first kappa shape index (κ1) is 11.3. The Balaban J connectivity index is 2.03. The van der Waals surface area contributed by atoms with Crippen LogP contribution in [0, 0.1) is 6.92 Å². The van der Waals surface area contributed by atoms with Crippen molar-refractivity contribution >= 4 is 6.01 Å². The number of hydrogen-bond donors (Lipinski definition) is 1. The van der Waals surface area contributed by atoms with Crippen molar-refractivity contribution in [1.82, 2.24) is 4.98 Å². The molecular weight excluding hydrogens is 224 g/mol. The molecule has 1 aliphatic rings. The first-order valence-electron chi connectivity index (χ1n) is 6.55. The summed E-state index contributed by atoms with van der Waals surface area (Å²) in [4.78, 5) is 4.47. The average Bonchev–Trinajstić information content (AvgIpc) is 2.79. The third-order valence-electron chi connectivity index (χ3n) is 3.63. The number of fused-ring (bicyclic) bond motifs is 1. The van der Waals surface area contributed by atoms with Gasteiger partial charge in [0.15, 0.2) is 0 Å². The molecule has 0 spiro atoms. The zero-order chi connectivity index (χ0) is 12.5. The fourth-order valence-corrected chi connectivity index (χ4v) is 2.65. The van der Waals surface area contributed by atoms with Gasteiger partial charge in [-0.25, -0.2) is 0 Å². The van der Waals surface area contributed by atoms with Crippen LogP contribution in [0.1, 0.15) is 29.7 Å². The maximum absolute atomic E-state index is 5.54. The number of oxazole rings is 1. The van der Waals surface area contributed by atoms with Gasteiger partial charge in [0, 0.05) is 12.6 Å². The van der Waals surface area contributed by atoms with Gasteiger partial charge in [-0.1, -0.05) is 12.1 Å². The molecule has 94 valence electrons. The molecule has 0 aliphatic heterocycles. The zero-order valence-electron chi connectivity index (χ0n) is 10.9. The van der Waals surface area contributed by atoms with E-state index in [-0.39, 0.29) is 0 Å². The monoisotopic (exact) mass is 242 g/mol. The lowest BCUT2D eigenvalue weighted by Gasteiger charge is -2.16. The van der Waals surface area contributed by atoms with Gasteiger partial charge in [-0.15, -0.1) is 0 Å². The molecule has 0 fully saturated rings. The van der Waals surface area contributed by atoms with Crippen molar-refractivity contribution in [2.45, 2.75) is 32.6 Å². The lowest BCUT2D eigenvalue weighted by molar-refractivity contribution is 0.544. The summed E-state index contributed by atoms with van der Waals surface area (Å²) in [5.41, 5.74) is 5.10. The van der Waals surface area contributed by atoms with E-state index >= 15 is 0 Å². The topological polar surface area (TPSA) is 38.1 Å². The van der Waals surface area contributed by atoms with Crippen molar-refractivity contribution < 1.29 is 4.42 Å². The van der Waals surface area contributed by atoms with Gasteiger partial charge in [0.2, 0.25) is 0 Å². The number of benzene rings is 1. The predicted molar refractivity (Wildman–Crippen MR) is 72.9 cm³/mol. The Labute approximate surface area is 107 Å². The summed E-state index contributed by atoms with van der Waals surface area (Å²) in [5, 5.41) is 2.94. The minimum Gasteiger partial charge on any atom is -0.428 e. The van der Waals surface area contributed by atoms with E-state index in [9.17, 15) is 0 Å². The fraction of sp³-hybridized carbons (Fsp3) is 0.400. The van der Waals surface area contributed by atoms with Crippen molar-refractivity contribution in [3.05, 3.63) is 35.1 Å². The van der Waals surface area contributed by atoms with Crippen LogP contribution >= 0.6 is 0 Å². The van der Waals surface area contributed by atoms with Crippen LogP contribution in [-0.4, -0.2) is 12.0 Å². The maximum atomic E-state index is 5.54. The maximum Gasteiger partial charge on any atom is 0.295 e. The van der Waals surface area contributed by atoms with Crippen LogP contribution in [0.3, 0.4) is 0 Å². The van der Waals surface area contributed by atoms with Gasteiger partial charge >= 0.3 is 0 Å². The molecule has 1 heterocycles. The number of aryl methyl sites for hydroxylation is 3. The van der Waals surface area contributed by atoms with E-state index in [4.69, 9.17) is 4.42 Å². The van der Waals surface area contributed by atoms with E-state index in [1.165, 1.54) is 42.4 Å². The molecule has 1 N–H and O–H groups in total. The van der Waals surface area contributed by atoms with Gasteiger partial charge in [-0.3, -0.25) is 0 Å². The third-order valence-corrected chi connectivity index (χ3v) is 3.63. The van der Waals surface area contributed by atoms with E-state index in [0.717, 1.165) is 11.5 Å². The summed E-state index contributed by atoms with van der Waals surface area (Å²) in [5.74, 6) is 0.870. The second kappa shape index (κ2) is 4.48. The van der Waals surface area contributed by atoms with Crippen LogP contribution in [0.4, 0.5) is 6.01 Å². The van der Waals surface area contributed by atoms with Crippen molar-refractivity contribution in [2.75, 3.05) is 12.4 Å². The van der Waals surface area contributed by atoms with Crippen LogP contribution in [0.15, 0.2) is 22.6 Å². The molecule has 0 amide bonds. The average molecular weight is 242 g/mol. The van der Waals surface area contributed by atoms with E-state index < -0.39 is 0 Å². The highest BCUT2D eigenvalue weighted by molar-refractivity contribution is 5.64. The number of rotatable bonds is 2. The highest BCUT2D eigenvalue weighted by Gasteiger charge is 2.14. The Bertz CT molecular complexity index is 572. The molecule has 0 bridgehead atoms. The molecule has 3 nitrogen and oxygen atoms in total. The molecule has 1 aliphatic carbocycles. The third kappa shape index (κ3) is 1.90. The van der Waals surface area contributed by atoms with Crippen LogP contribution in [0.25, 0.3) is 11.3 Å². The quantitative estimate of drug-likeness (QED) is 0.874. The SMILES string of the molecule is CNc1nc(-c2ccc3c(c2)CCCC3)c(C)o1. The Morgan fingerprint density at radius 2 is 1.94 bits per heavy atom. The molecule has 0 saturated carbocycles. The van der Waals surface area contributed by atoms with E-state index in [1.807, 2.05) is 14.0 Å². The van der Waals surface area contributed by atoms with Crippen molar-refractivity contribution in [1.29, 1.82) is 0 Å². The van der Waals surface area contributed by atoms with Gasteiger partial charge in [0.1, 0.15) is 11.5 Å². The molecular formula is C15H18N2O. The fourth-order valence-electron chi connectivity index (χ4n) is 2.65. The van der Waals surface area contributed by atoms with Crippen molar-refractivity contribution in [2.24, 2.45) is 0 Å². The summed E-state index contributed by atoms with van der Waals surface area (Å²) in [6, 6.07) is 7.27. The van der Waals surface area contributed by atoms with Crippen LogP contribution in [-0.2, 0) is 12.8 Å². The van der Waals surface area contributed by atoms with Crippen LogP contribution in [0.2, 0.25) is 0 Å². The summed E-state index contributed by atoms with van der Waals surface area (Å²) in [6.07, 6.45) is 5.03. The molecule has 1 aromatic heterocycles. The number of nitrogens with one attached hydrogen (secondary N) is 1. The summed E-state index contributed by atoms with van der Waals surface area (Å²) < 4.78 is 5.54. The van der Waals surface area contributed by atoms with Gasteiger partial charge in [0.05, 0.1) is 0 Å². The summed E-state index contributed by atoms with van der Waals surface area (Å²) in [7, 11) is 1.82. The summed E-state index contributed by atoms with van der Waals surface area (Å²) >= 11 is 0. The first-order valence-corrected chi connectivity index (χ1v) is 6.55. The Morgan fingerprint density at radius 3 is 2.67 bits per heavy atom. The minimum absolute atomic E-state index is 0.584. The molecule has 3 rings (SSSR count). The zero-order valence-corrected chi connectivity index (χ0v) is 10.9. The molecule has 0 radical (unpaired) electrons. The van der Waals surface area contributed by atoms with Gasteiger partial charge in [-0.05, 0) is 49.8 Å². The molecule has 2 aromatic rings. The molecule has 0 unspecified atom stereocenters. The Hall–Kier alpha value is -1.77. The Morgan fingerprint density at radius 1 is 1.17 bits per heavy atom. The van der Waals surface area contributed by atoms with Gasteiger partial charge < -0.3 is 9.73 Å². The standard InChI is InChI=1S/C15H18N2O/c1-10-14(17-15(16-2)18-10)13-8-7-11-5-3-4-6-12(11)9-13/h7-9H,3-6H2,1-2H3,(H,16,17). The highest BCUT2D eigenvalue weighted by atomic mass is 16.4. The highest BCUT2D eigenvalue weighted by Crippen LogP contribution is 2.29. The van der Waals surface area contributed by atoms with E-state index in [2.05, 4.69) is 28.5 Å². The van der Waals surface area contributed by atoms with Crippen LogP contribution in [0.5, 0.6) is 0 Å². The normalized spacial score (nSPS) is 14.3. The van der Waals surface area contributed by atoms with Crippen molar-refractivity contribution in [3.63, 3.8) is 0 Å². The predicted octanol–water partition coefficient (Wildman–Crippen LogP) is 3.57. The second-order valence-electron chi connectivity index (χ2n) is 4.86. The Kier molecular flexibility index (Phi) is 2.82. The molecule has 0 saturated heterocycles. The van der Waals surface area contributed by atoms with E-state index in [0.29, 0.717) is 6.01 Å². The lowest BCUT2D eigenvalue weighted by atomic mass is 9.90. The number of anilines is 1. The smallest absolute Gasteiger partial charge is 0.295 e. The minimum atomic E-state index is 0.584. The summed E-state index contributed by atoms with van der Waals surface area (Å²) in [6.45, 7) is 1.96. The number of aromatic nitrogens is 1. The van der Waals surface area contributed by atoms with Crippen LogP contribution < -0.4 is 5.32 Å². The lowest BCUT2D eigenvalue weighted by Crippen LogP contribution is -2.02. The molecule has 0 atom stereocenters. The first-order chi connectivity index (χ1) is 8.78. The second-order valence-corrected chi connectivity index (χ2v) is 4.86. The molecule has 18 heavy (non-hydrogen) atoms.